The molecule has 1 unspecified atom stereocenters. The number of aromatic nitrogens is 2. The summed E-state index contributed by atoms with van der Waals surface area (Å²) in [5.74, 6) is 0.0619. The van der Waals surface area contributed by atoms with Crippen molar-refractivity contribution in [3.05, 3.63) is 83.9 Å². The number of hydrogen-bond donors (Lipinski definition) is 1. The summed E-state index contributed by atoms with van der Waals surface area (Å²) in [7, 11) is 0. The van der Waals surface area contributed by atoms with E-state index in [1.807, 2.05) is 35.2 Å². The number of carbonyl (C=O) groups is 1. The van der Waals surface area contributed by atoms with E-state index in [4.69, 9.17) is 0 Å². The van der Waals surface area contributed by atoms with Crippen molar-refractivity contribution < 1.29 is 9.18 Å². The Labute approximate surface area is 156 Å². The average Bonchev–Trinajstić information content (AvgIpc) is 3.19. The molecule has 3 aromatic rings. The summed E-state index contributed by atoms with van der Waals surface area (Å²) in [6.45, 7) is 0.672. The van der Waals surface area contributed by atoms with Gasteiger partial charge in [0.25, 0.3) is 5.91 Å². The number of amides is 1. The third kappa shape index (κ3) is 3.79. The van der Waals surface area contributed by atoms with Gasteiger partial charge < -0.3 is 10.2 Å². The fourth-order valence-electron chi connectivity index (χ4n) is 3.36. The minimum absolute atomic E-state index is 0.0415. The average molecular weight is 362 g/mol. The summed E-state index contributed by atoms with van der Waals surface area (Å²) in [5.41, 5.74) is 2.28. The Bertz CT molecular complexity index is 913. The van der Waals surface area contributed by atoms with Crippen LogP contribution in [0.15, 0.2) is 67.0 Å². The lowest BCUT2D eigenvalue weighted by Crippen LogP contribution is -2.30. The molecule has 2 aromatic carbocycles. The van der Waals surface area contributed by atoms with Gasteiger partial charge in [-0.1, -0.05) is 30.3 Å². The molecule has 1 aliphatic heterocycles. The van der Waals surface area contributed by atoms with E-state index in [1.54, 1.807) is 24.5 Å². The maximum atomic E-state index is 13.2. The zero-order chi connectivity index (χ0) is 18.6. The highest BCUT2D eigenvalue weighted by atomic mass is 19.1. The molecule has 0 saturated carbocycles. The lowest BCUT2D eigenvalue weighted by molar-refractivity contribution is 0.0735. The van der Waals surface area contributed by atoms with Crippen LogP contribution in [0, 0.1) is 5.82 Å². The molecule has 1 aliphatic rings. The van der Waals surface area contributed by atoms with Crippen LogP contribution in [-0.2, 0) is 0 Å². The smallest absolute Gasteiger partial charge is 0.257 e. The van der Waals surface area contributed by atoms with Gasteiger partial charge in [0.2, 0.25) is 5.95 Å². The number of anilines is 2. The molecule has 0 bridgehead atoms. The number of para-hydroxylation sites is 1. The van der Waals surface area contributed by atoms with E-state index in [-0.39, 0.29) is 17.8 Å². The summed E-state index contributed by atoms with van der Waals surface area (Å²) >= 11 is 0. The molecule has 0 spiro atoms. The number of rotatable bonds is 4. The fraction of sp³-hybridized carbons (Fsp3) is 0.190. The van der Waals surface area contributed by atoms with Crippen molar-refractivity contribution >= 4 is 17.5 Å². The molecule has 0 aliphatic carbocycles. The van der Waals surface area contributed by atoms with E-state index in [0.717, 1.165) is 24.1 Å². The summed E-state index contributed by atoms with van der Waals surface area (Å²) in [6.07, 6.45) is 4.87. The summed E-state index contributed by atoms with van der Waals surface area (Å²) < 4.78 is 13.2. The van der Waals surface area contributed by atoms with Crippen molar-refractivity contribution in [3.63, 3.8) is 0 Å². The Kier molecular flexibility index (Phi) is 4.78. The normalized spacial score (nSPS) is 16.3. The Morgan fingerprint density at radius 3 is 2.44 bits per heavy atom. The van der Waals surface area contributed by atoms with Gasteiger partial charge in [-0.05, 0) is 42.7 Å². The topological polar surface area (TPSA) is 58.1 Å². The quantitative estimate of drug-likeness (QED) is 0.750. The molecule has 1 saturated heterocycles. The highest BCUT2D eigenvalue weighted by Gasteiger charge is 2.30. The third-order valence-corrected chi connectivity index (χ3v) is 4.70. The standard InChI is InChI=1S/C21H19FN4O/c22-17-10-8-15(9-11-17)19-7-4-12-26(19)20(27)16-13-23-21(24-14-16)25-18-5-2-1-3-6-18/h1-3,5-6,8-11,13-14,19H,4,7,12H2,(H,23,24,25). The van der Waals surface area contributed by atoms with Gasteiger partial charge in [-0.2, -0.15) is 0 Å². The number of hydrogen-bond acceptors (Lipinski definition) is 4. The Morgan fingerprint density at radius 2 is 1.74 bits per heavy atom. The van der Waals surface area contributed by atoms with Gasteiger partial charge in [-0.25, -0.2) is 14.4 Å². The molecule has 1 fully saturated rings. The molecular formula is C21H19FN4O. The van der Waals surface area contributed by atoms with Crippen LogP contribution in [0.2, 0.25) is 0 Å². The second kappa shape index (κ2) is 7.53. The fourth-order valence-corrected chi connectivity index (χ4v) is 3.36. The second-order valence-electron chi connectivity index (χ2n) is 6.49. The van der Waals surface area contributed by atoms with Crippen molar-refractivity contribution in [1.82, 2.24) is 14.9 Å². The van der Waals surface area contributed by atoms with E-state index in [9.17, 15) is 9.18 Å². The first-order valence-corrected chi connectivity index (χ1v) is 8.91. The van der Waals surface area contributed by atoms with Gasteiger partial charge >= 0.3 is 0 Å². The van der Waals surface area contributed by atoms with Gasteiger partial charge in [0.1, 0.15) is 5.82 Å². The number of carbonyl (C=O) groups excluding carboxylic acids is 1. The molecular weight excluding hydrogens is 343 g/mol. The Balaban J connectivity index is 1.49. The van der Waals surface area contributed by atoms with Crippen LogP contribution in [0.25, 0.3) is 0 Å². The molecule has 4 rings (SSSR count). The van der Waals surface area contributed by atoms with Crippen LogP contribution in [0.5, 0.6) is 0 Å². The third-order valence-electron chi connectivity index (χ3n) is 4.70. The van der Waals surface area contributed by atoms with Crippen molar-refractivity contribution in [2.75, 3.05) is 11.9 Å². The van der Waals surface area contributed by atoms with Crippen molar-refractivity contribution in [2.24, 2.45) is 0 Å². The van der Waals surface area contributed by atoms with E-state index >= 15 is 0 Å². The first-order valence-electron chi connectivity index (χ1n) is 8.91. The monoisotopic (exact) mass is 362 g/mol. The number of nitrogens with zero attached hydrogens (tertiary/aromatic N) is 3. The lowest BCUT2D eigenvalue weighted by atomic mass is 10.0. The highest BCUT2D eigenvalue weighted by Crippen LogP contribution is 2.33. The van der Waals surface area contributed by atoms with Gasteiger partial charge in [-0.3, -0.25) is 4.79 Å². The van der Waals surface area contributed by atoms with Crippen LogP contribution in [0.1, 0.15) is 34.8 Å². The SMILES string of the molecule is O=C(c1cnc(Nc2ccccc2)nc1)N1CCCC1c1ccc(F)cc1. The summed E-state index contributed by atoms with van der Waals surface area (Å²) in [4.78, 5) is 23.2. The zero-order valence-electron chi connectivity index (χ0n) is 14.7. The number of benzene rings is 2. The first kappa shape index (κ1) is 17.1. The summed E-state index contributed by atoms with van der Waals surface area (Å²) in [5, 5.41) is 3.10. The molecule has 6 heteroatoms. The molecule has 1 N–H and O–H groups in total. The predicted octanol–water partition coefficient (Wildman–Crippen LogP) is 4.34. The Hall–Kier alpha value is -3.28. The van der Waals surface area contributed by atoms with Gasteiger partial charge in [0.05, 0.1) is 11.6 Å². The lowest BCUT2D eigenvalue weighted by Gasteiger charge is -2.25. The molecule has 1 amide bonds. The van der Waals surface area contributed by atoms with E-state index in [1.165, 1.54) is 12.1 Å². The van der Waals surface area contributed by atoms with Crippen LogP contribution < -0.4 is 5.32 Å². The molecule has 1 atom stereocenters. The van der Waals surface area contributed by atoms with E-state index < -0.39 is 0 Å². The number of likely N-dealkylation sites (tertiary alicyclic amines) is 1. The largest absolute Gasteiger partial charge is 0.332 e. The first-order chi connectivity index (χ1) is 13.2. The minimum Gasteiger partial charge on any atom is -0.332 e. The molecule has 136 valence electrons. The molecule has 2 heterocycles. The highest BCUT2D eigenvalue weighted by molar-refractivity contribution is 5.94. The number of halogens is 1. The molecule has 5 nitrogen and oxygen atoms in total. The van der Waals surface area contributed by atoms with E-state index in [2.05, 4.69) is 15.3 Å². The van der Waals surface area contributed by atoms with Crippen molar-refractivity contribution in [1.29, 1.82) is 0 Å². The number of nitrogens with one attached hydrogen (secondary N) is 1. The van der Waals surface area contributed by atoms with Crippen LogP contribution in [0.4, 0.5) is 16.0 Å². The minimum atomic E-state index is -0.274. The zero-order valence-corrected chi connectivity index (χ0v) is 14.7. The van der Waals surface area contributed by atoms with Crippen molar-refractivity contribution in [2.45, 2.75) is 18.9 Å². The maximum absolute atomic E-state index is 13.2. The Morgan fingerprint density at radius 1 is 1.04 bits per heavy atom. The van der Waals surface area contributed by atoms with Gasteiger partial charge in [0, 0.05) is 24.6 Å². The summed E-state index contributed by atoms with van der Waals surface area (Å²) in [6, 6.07) is 15.9. The van der Waals surface area contributed by atoms with Crippen LogP contribution in [0.3, 0.4) is 0 Å². The molecule has 1 aromatic heterocycles. The molecule has 0 radical (unpaired) electrons. The maximum Gasteiger partial charge on any atom is 0.257 e. The van der Waals surface area contributed by atoms with Gasteiger partial charge in [-0.15, -0.1) is 0 Å². The van der Waals surface area contributed by atoms with Crippen LogP contribution in [-0.4, -0.2) is 27.3 Å². The van der Waals surface area contributed by atoms with E-state index in [0.29, 0.717) is 18.1 Å². The van der Waals surface area contributed by atoms with Crippen molar-refractivity contribution in [3.8, 4) is 0 Å². The van der Waals surface area contributed by atoms with Crippen LogP contribution >= 0.6 is 0 Å². The molecule has 27 heavy (non-hydrogen) atoms. The van der Waals surface area contributed by atoms with Gasteiger partial charge in [0.15, 0.2) is 0 Å². The predicted molar refractivity (Wildman–Crippen MR) is 101 cm³/mol. The second-order valence-corrected chi connectivity index (χ2v) is 6.49.